The third-order valence-electron chi connectivity index (χ3n) is 2.63. The summed E-state index contributed by atoms with van der Waals surface area (Å²) in [5.74, 6) is 0.451. The number of methoxy groups -OCH3 is 1. The van der Waals surface area contributed by atoms with Gasteiger partial charge in [0.05, 0.1) is 18.1 Å². The van der Waals surface area contributed by atoms with Crippen LogP contribution in [0.5, 0.6) is 0 Å². The number of imidazole rings is 1. The number of rotatable bonds is 4. The summed E-state index contributed by atoms with van der Waals surface area (Å²) in [4.78, 5) is 18.7. The Kier molecular flexibility index (Phi) is 5.12. The molecule has 1 aromatic heterocycles. The van der Waals surface area contributed by atoms with Gasteiger partial charge in [0.15, 0.2) is 0 Å². The molecule has 0 saturated heterocycles. The number of halogens is 1. The van der Waals surface area contributed by atoms with E-state index in [4.69, 9.17) is 5.73 Å². The van der Waals surface area contributed by atoms with E-state index in [9.17, 15) is 4.79 Å². The maximum absolute atomic E-state index is 11.1. The summed E-state index contributed by atoms with van der Waals surface area (Å²) >= 11 is 0. The van der Waals surface area contributed by atoms with Crippen LogP contribution in [0.25, 0.3) is 11.0 Å². The van der Waals surface area contributed by atoms with Gasteiger partial charge in [0.25, 0.3) is 0 Å². The predicted molar refractivity (Wildman–Crippen MR) is 71.7 cm³/mol. The van der Waals surface area contributed by atoms with Crippen molar-refractivity contribution in [3.8, 4) is 0 Å². The van der Waals surface area contributed by atoms with Crippen LogP contribution in [0.15, 0.2) is 24.3 Å². The zero-order chi connectivity index (χ0) is 12.3. The SMILES string of the molecule is COC(=O)C(N)CCc1nc2ccccc2[nH]1.Cl. The Morgan fingerprint density at radius 1 is 1.50 bits per heavy atom. The number of carbonyl (C=O) groups excluding carboxylic acids is 1. The number of nitrogens with two attached hydrogens (primary N) is 1. The average molecular weight is 270 g/mol. The number of fused-ring (bicyclic) bond motifs is 1. The highest BCUT2D eigenvalue weighted by Crippen LogP contribution is 2.11. The summed E-state index contributed by atoms with van der Waals surface area (Å²) in [6, 6.07) is 7.20. The normalized spacial score (nSPS) is 11.9. The van der Waals surface area contributed by atoms with Gasteiger partial charge in [-0.1, -0.05) is 12.1 Å². The molecule has 1 heterocycles. The van der Waals surface area contributed by atoms with E-state index in [0.717, 1.165) is 16.9 Å². The molecule has 0 amide bonds. The van der Waals surface area contributed by atoms with Crippen LogP contribution < -0.4 is 5.73 Å². The van der Waals surface area contributed by atoms with Crippen molar-refractivity contribution in [2.45, 2.75) is 18.9 Å². The second kappa shape index (κ2) is 6.37. The highest BCUT2D eigenvalue weighted by molar-refractivity contribution is 5.85. The fraction of sp³-hybridized carbons (Fsp3) is 0.333. The molecule has 2 rings (SSSR count). The van der Waals surface area contributed by atoms with Crippen LogP contribution in [-0.2, 0) is 16.0 Å². The maximum atomic E-state index is 11.1. The lowest BCUT2D eigenvalue weighted by Gasteiger charge is -2.06. The molecule has 6 heteroatoms. The van der Waals surface area contributed by atoms with Gasteiger partial charge in [0.1, 0.15) is 11.9 Å². The summed E-state index contributed by atoms with van der Waals surface area (Å²) in [7, 11) is 1.34. The van der Waals surface area contributed by atoms with E-state index in [1.54, 1.807) is 0 Å². The van der Waals surface area contributed by atoms with E-state index in [1.165, 1.54) is 7.11 Å². The number of aryl methyl sites for hydroxylation is 1. The molecule has 0 spiro atoms. The molecule has 0 aliphatic carbocycles. The average Bonchev–Trinajstić information content (AvgIpc) is 2.77. The van der Waals surface area contributed by atoms with Crippen molar-refractivity contribution in [1.29, 1.82) is 0 Å². The molecule has 0 fully saturated rings. The van der Waals surface area contributed by atoms with Crippen LogP contribution in [0.4, 0.5) is 0 Å². The zero-order valence-electron chi connectivity index (χ0n) is 10.1. The lowest BCUT2D eigenvalue weighted by Crippen LogP contribution is -2.32. The highest BCUT2D eigenvalue weighted by Gasteiger charge is 2.14. The van der Waals surface area contributed by atoms with Crippen molar-refractivity contribution in [2.75, 3.05) is 7.11 Å². The Morgan fingerprint density at radius 2 is 2.22 bits per heavy atom. The van der Waals surface area contributed by atoms with Gasteiger partial charge in [-0.05, 0) is 18.6 Å². The van der Waals surface area contributed by atoms with Crippen molar-refractivity contribution >= 4 is 29.4 Å². The van der Waals surface area contributed by atoms with Crippen molar-refractivity contribution in [1.82, 2.24) is 9.97 Å². The maximum Gasteiger partial charge on any atom is 0.322 e. The Labute approximate surface area is 111 Å². The van der Waals surface area contributed by atoms with Gasteiger partial charge in [-0.2, -0.15) is 0 Å². The van der Waals surface area contributed by atoms with Gasteiger partial charge < -0.3 is 15.5 Å². The number of para-hydroxylation sites is 2. The smallest absolute Gasteiger partial charge is 0.322 e. The van der Waals surface area contributed by atoms with E-state index in [1.807, 2.05) is 24.3 Å². The quantitative estimate of drug-likeness (QED) is 0.823. The second-order valence-electron chi connectivity index (χ2n) is 3.87. The minimum absolute atomic E-state index is 0. The number of benzene rings is 1. The Balaban J connectivity index is 0.00000162. The van der Waals surface area contributed by atoms with E-state index in [-0.39, 0.29) is 18.4 Å². The molecule has 1 unspecified atom stereocenters. The minimum Gasteiger partial charge on any atom is -0.468 e. The largest absolute Gasteiger partial charge is 0.468 e. The third kappa shape index (κ3) is 3.21. The van der Waals surface area contributed by atoms with Gasteiger partial charge in [-0.25, -0.2) is 4.98 Å². The number of aromatic nitrogens is 2. The molecule has 18 heavy (non-hydrogen) atoms. The number of esters is 1. The summed E-state index contributed by atoms with van der Waals surface area (Å²) < 4.78 is 4.56. The summed E-state index contributed by atoms with van der Waals surface area (Å²) in [5, 5.41) is 0. The Hall–Kier alpha value is -1.59. The molecular weight excluding hydrogens is 254 g/mol. The van der Waals surface area contributed by atoms with Crippen LogP contribution in [0.2, 0.25) is 0 Å². The molecule has 1 atom stereocenters. The first-order valence-corrected chi connectivity index (χ1v) is 5.47. The minimum atomic E-state index is -0.590. The number of ether oxygens (including phenoxy) is 1. The molecule has 0 radical (unpaired) electrons. The second-order valence-corrected chi connectivity index (χ2v) is 3.87. The fourth-order valence-electron chi connectivity index (χ4n) is 1.69. The van der Waals surface area contributed by atoms with Gasteiger partial charge in [-0.15, -0.1) is 12.4 Å². The van der Waals surface area contributed by atoms with Crippen LogP contribution in [0.3, 0.4) is 0 Å². The highest BCUT2D eigenvalue weighted by atomic mass is 35.5. The third-order valence-corrected chi connectivity index (χ3v) is 2.63. The molecule has 98 valence electrons. The Morgan fingerprint density at radius 3 is 2.89 bits per heavy atom. The molecule has 5 nitrogen and oxygen atoms in total. The van der Waals surface area contributed by atoms with E-state index >= 15 is 0 Å². The molecule has 0 saturated carbocycles. The van der Waals surface area contributed by atoms with Crippen molar-refractivity contribution in [3.63, 3.8) is 0 Å². The van der Waals surface area contributed by atoms with Crippen molar-refractivity contribution in [2.24, 2.45) is 5.73 Å². The standard InChI is InChI=1S/C12H15N3O2.ClH/c1-17-12(16)8(13)6-7-11-14-9-4-2-3-5-10(9)15-11;/h2-5,8H,6-7,13H2,1H3,(H,14,15);1H. The number of nitrogens with zero attached hydrogens (tertiary/aromatic N) is 1. The molecule has 0 aliphatic rings. The van der Waals surface area contributed by atoms with Crippen LogP contribution in [0, 0.1) is 0 Å². The predicted octanol–water partition coefficient (Wildman–Crippen LogP) is 1.42. The van der Waals surface area contributed by atoms with Gasteiger partial charge in [0.2, 0.25) is 0 Å². The van der Waals surface area contributed by atoms with E-state index in [2.05, 4.69) is 14.7 Å². The van der Waals surface area contributed by atoms with Gasteiger partial charge >= 0.3 is 5.97 Å². The number of hydrogen-bond donors (Lipinski definition) is 2. The van der Waals surface area contributed by atoms with Crippen LogP contribution in [-0.4, -0.2) is 29.1 Å². The fourth-order valence-corrected chi connectivity index (χ4v) is 1.69. The first kappa shape index (κ1) is 14.5. The van der Waals surface area contributed by atoms with Crippen LogP contribution in [0.1, 0.15) is 12.2 Å². The first-order chi connectivity index (χ1) is 8.20. The monoisotopic (exact) mass is 269 g/mol. The van der Waals surface area contributed by atoms with E-state index in [0.29, 0.717) is 12.8 Å². The summed E-state index contributed by atoms with van der Waals surface area (Å²) in [5.41, 5.74) is 7.57. The number of H-pyrrole nitrogens is 1. The summed E-state index contributed by atoms with van der Waals surface area (Å²) in [6.45, 7) is 0. The molecular formula is C12H16ClN3O2. The molecule has 2 aromatic rings. The van der Waals surface area contributed by atoms with Gasteiger partial charge in [0, 0.05) is 6.42 Å². The number of hydrogen-bond acceptors (Lipinski definition) is 4. The van der Waals surface area contributed by atoms with Crippen LogP contribution >= 0.6 is 12.4 Å². The number of carbonyl (C=O) groups is 1. The molecule has 0 bridgehead atoms. The molecule has 1 aromatic carbocycles. The van der Waals surface area contributed by atoms with E-state index < -0.39 is 6.04 Å². The first-order valence-electron chi connectivity index (χ1n) is 5.47. The summed E-state index contributed by atoms with van der Waals surface area (Å²) in [6.07, 6.45) is 1.15. The van der Waals surface area contributed by atoms with Crippen molar-refractivity contribution in [3.05, 3.63) is 30.1 Å². The topological polar surface area (TPSA) is 81.0 Å². The number of nitrogens with one attached hydrogen (secondary N) is 1. The Bertz CT molecular complexity index is 494. The zero-order valence-corrected chi connectivity index (χ0v) is 10.9. The number of aromatic amines is 1. The molecule has 3 N–H and O–H groups in total. The lowest BCUT2D eigenvalue weighted by molar-refractivity contribution is -0.142. The van der Waals surface area contributed by atoms with Crippen molar-refractivity contribution < 1.29 is 9.53 Å². The molecule has 0 aliphatic heterocycles. The van der Waals surface area contributed by atoms with Gasteiger partial charge in [-0.3, -0.25) is 4.79 Å². The lowest BCUT2D eigenvalue weighted by atomic mass is 10.1.